The van der Waals surface area contributed by atoms with Crippen LogP contribution in [0.15, 0.2) is 36.5 Å². The number of nitrogens with zero attached hydrogens (tertiary/aromatic N) is 4. The summed E-state index contributed by atoms with van der Waals surface area (Å²) in [4.78, 5) is 33.3. The number of pyridine rings is 1. The number of fused-ring (bicyclic) bond motifs is 1. The molecule has 144 valence electrons. The molecule has 0 unspecified atom stereocenters. The van der Waals surface area contributed by atoms with Crippen LogP contribution < -0.4 is 5.32 Å². The van der Waals surface area contributed by atoms with Crippen LogP contribution >= 0.6 is 0 Å². The van der Waals surface area contributed by atoms with E-state index in [2.05, 4.69) is 16.4 Å². The lowest BCUT2D eigenvalue weighted by atomic mass is 10.1. The Hall–Kier alpha value is -2.98. The van der Waals surface area contributed by atoms with Crippen molar-refractivity contribution in [2.24, 2.45) is 5.92 Å². The van der Waals surface area contributed by atoms with Crippen molar-refractivity contribution >= 4 is 28.4 Å². The van der Waals surface area contributed by atoms with E-state index < -0.39 is 0 Å². The number of para-hydroxylation sites is 1. The van der Waals surface area contributed by atoms with Gasteiger partial charge in [-0.1, -0.05) is 18.2 Å². The van der Waals surface area contributed by atoms with Crippen molar-refractivity contribution < 1.29 is 9.59 Å². The van der Waals surface area contributed by atoms with Gasteiger partial charge in [-0.05, 0) is 37.9 Å². The average molecular weight is 377 g/mol. The summed E-state index contributed by atoms with van der Waals surface area (Å²) in [5.41, 5.74) is 1.61. The van der Waals surface area contributed by atoms with E-state index in [-0.39, 0.29) is 30.3 Å². The van der Waals surface area contributed by atoms with E-state index in [1.54, 1.807) is 11.1 Å². The lowest BCUT2D eigenvalue weighted by Crippen LogP contribution is -2.42. The highest BCUT2D eigenvalue weighted by Crippen LogP contribution is 2.24. The van der Waals surface area contributed by atoms with Gasteiger partial charge in [0, 0.05) is 24.7 Å². The van der Waals surface area contributed by atoms with E-state index in [9.17, 15) is 9.59 Å². The highest BCUT2D eigenvalue weighted by atomic mass is 16.2. The van der Waals surface area contributed by atoms with E-state index in [0.29, 0.717) is 19.6 Å². The quantitative estimate of drug-likeness (QED) is 0.880. The van der Waals surface area contributed by atoms with E-state index in [0.717, 1.165) is 35.9 Å². The van der Waals surface area contributed by atoms with Crippen molar-refractivity contribution in [1.82, 2.24) is 14.8 Å². The normalized spacial score (nSPS) is 22.3. The number of carbonyl (C=O) groups excluding carboxylic acids is 2. The van der Waals surface area contributed by atoms with Crippen molar-refractivity contribution in [3.8, 4) is 6.07 Å². The average Bonchev–Trinajstić information content (AvgIpc) is 3.37. The molecule has 0 radical (unpaired) electrons. The van der Waals surface area contributed by atoms with Gasteiger partial charge in [0.1, 0.15) is 6.04 Å². The second kappa shape index (κ2) is 7.95. The molecule has 0 spiro atoms. The molecule has 7 nitrogen and oxygen atoms in total. The molecule has 2 saturated heterocycles. The zero-order valence-corrected chi connectivity index (χ0v) is 15.7. The minimum Gasteiger partial charge on any atom is -0.326 e. The maximum Gasteiger partial charge on any atom is 0.237 e. The Morgan fingerprint density at radius 3 is 2.93 bits per heavy atom. The van der Waals surface area contributed by atoms with Crippen LogP contribution in [-0.2, 0) is 9.59 Å². The molecule has 1 aromatic carbocycles. The van der Waals surface area contributed by atoms with Gasteiger partial charge in [-0.15, -0.1) is 0 Å². The molecule has 3 heterocycles. The number of anilines is 1. The molecule has 7 heteroatoms. The summed E-state index contributed by atoms with van der Waals surface area (Å²) in [6.07, 6.45) is 4.06. The first-order chi connectivity index (χ1) is 13.7. The highest BCUT2D eigenvalue weighted by Gasteiger charge is 2.33. The minimum absolute atomic E-state index is 0.00904. The van der Waals surface area contributed by atoms with Gasteiger partial charge in [-0.25, -0.2) is 0 Å². The standard InChI is InChI=1S/C21H23N5O2/c22-12-16-4-3-10-26(16)20(27)14-25-11-8-15(13-25)21(28)24-19-7-9-23-18-6-2-1-5-17(18)19/h1-2,5-7,9,15-16H,3-4,8,10-11,13-14H2,(H,23,24,28)/t15-,16-/m0/s1. The van der Waals surface area contributed by atoms with Crippen LogP contribution in [0.3, 0.4) is 0 Å². The Morgan fingerprint density at radius 2 is 2.07 bits per heavy atom. The fourth-order valence-corrected chi connectivity index (χ4v) is 4.11. The molecule has 0 aliphatic carbocycles. The van der Waals surface area contributed by atoms with Crippen molar-refractivity contribution in [2.45, 2.75) is 25.3 Å². The van der Waals surface area contributed by atoms with Crippen LogP contribution in [0.25, 0.3) is 10.9 Å². The van der Waals surface area contributed by atoms with Crippen molar-refractivity contribution in [2.75, 3.05) is 31.5 Å². The summed E-state index contributed by atoms with van der Waals surface area (Å²) >= 11 is 0. The van der Waals surface area contributed by atoms with Gasteiger partial charge in [0.05, 0.1) is 29.7 Å². The van der Waals surface area contributed by atoms with E-state index in [4.69, 9.17) is 5.26 Å². The number of aromatic nitrogens is 1. The molecular weight excluding hydrogens is 354 g/mol. The summed E-state index contributed by atoms with van der Waals surface area (Å²) in [7, 11) is 0. The molecule has 2 fully saturated rings. The Morgan fingerprint density at radius 1 is 1.21 bits per heavy atom. The number of rotatable bonds is 4. The van der Waals surface area contributed by atoms with E-state index in [1.807, 2.05) is 35.2 Å². The summed E-state index contributed by atoms with van der Waals surface area (Å²) in [6, 6.07) is 11.4. The van der Waals surface area contributed by atoms with Crippen LogP contribution in [0.4, 0.5) is 5.69 Å². The van der Waals surface area contributed by atoms with E-state index in [1.165, 1.54) is 0 Å². The van der Waals surface area contributed by atoms with Gasteiger partial charge in [-0.2, -0.15) is 5.26 Å². The molecule has 2 atom stereocenters. The summed E-state index contributed by atoms with van der Waals surface area (Å²) in [5, 5.41) is 13.1. The zero-order valence-electron chi connectivity index (χ0n) is 15.7. The number of nitriles is 1. The molecule has 2 aromatic rings. The van der Waals surface area contributed by atoms with Gasteiger partial charge in [-0.3, -0.25) is 19.5 Å². The number of carbonyl (C=O) groups is 2. The highest BCUT2D eigenvalue weighted by molar-refractivity contribution is 6.01. The monoisotopic (exact) mass is 377 g/mol. The molecule has 4 rings (SSSR count). The number of hydrogen-bond acceptors (Lipinski definition) is 5. The fraction of sp³-hybridized carbons (Fsp3) is 0.429. The predicted octanol–water partition coefficient (Wildman–Crippen LogP) is 2.01. The van der Waals surface area contributed by atoms with Crippen molar-refractivity contribution in [3.05, 3.63) is 36.5 Å². The third-order valence-electron chi connectivity index (χ3n) is 5.63. The third kappa shape index (κ3) is 3.69. The van der Waals surface area contributed by atoms with Crippen LogP contribution in [0, 0.1) is 17.2 Å². The van der Waals surface area contributed by atoms with Gasteiger partial charge >= 0.3 is 0 Å². The van der Waals surface area contributed by atoms with Crippen LogP contribution in [0.1, 0.15) is 19.3 Å². The van der Waals surface area contributed by atoms with Crippen molar-refractivity contribution in [1.29, 1.82) is 5.26 Å². The van der Waals surface area contributed by atoms with Gasteiger partial charge in [0.2, 0.25) is 11.8 Å². The first kappa shape index (κ1) is 18.4. The SMILES string of the molecule is N#C[C@@H]1CCCN1C(=O)CN1CC[C@H](C(=O)Nc2ccnc3ccccc23)C1. The molecule has 2 aliphatic heterocycles. The Bertz CT molecular complexity index is 933. The predicted molar refractivity (Wildman–Crippen MR) is 105 cm³/mol. The Balaban J connectivity index is 1.35. The molecule has 1 N–H and O–H groups in total. The fourth-order valence-electron chi connectivity index (χ4n) is 4.11. The smallest absolute Gasteiger partial charge is 0.237 e. The minimum atomic E-state index is -0.297. The van der Waals surface area contributed by atoms with Gasteiger partial charge in [0.25, 0.3) is 0 Å². The molecular formula is C21H23N5O2. The third-order valence-corrected chi connectivity index (χ3v) is 5.63. The lowest BCUT2D eigenvalue weighted by molar-refractivity contribution is -0.132. The van der Waals surface area contributed by atoms with Gasteiger partial charge in [0.15, 0.2) is 0 Å². The first-order valence-corrected chi connectivity index (χ1v) is 9.72. The number of amides is 2. The molecule has 2 aliphatic rings. The molecule has 2 amide bonds. The molecule has 0 saturated carbocycles. The van der Waals surface area contributed by atoms with Crippen LogP contribution in [-0.4, -0.2) is 58.8 Å². The largest absolute Gasteiger partial charge is 0.326 e. The molecule has 28 heavy (non-hydrogen) atoms. The Kier molecular flexibility index (Phi) is 5.22. The van der Waals surface area contributed by atoms with Crippen molar-refractivity contribution in [3.63, 3.8) is 0 Å². The maximum atomic E-state index is 12.7. The topological polar surface area (TPSA) is 89.3 Å². The Labute approximate surface area is 163 Å². The molecule has 0 bridgehead atoms. The lowest BCUT2D eigenvalue weighted by Gasteiger charge is -2.23. The van der Waals surface area contributed by atoms with Gasteiger partial charge < -0.3 is 10.2 Å². The first-order valence-electron chi connectivity index (χ1n) is 9.72. The zero-order chi connectivity index (χ0) is 19.5. The molecule has 1 aromatic heterocycles. The van der Waals surface area contributed by atoms with E-state index >= 15 is 0 Å². The maximum absolute atomic E-state index is 12.7. The second-order valence-electron chi connectivity index (χ2n) is 7.46. The van der Waals surface area contributed by atoms with Crippen LogP contribution in [0.5, 0.6) is 0 Å². The number of nitrogens with one attached hydrogen (secondary N) is 1. The summed E-state index contributed by atoms with van der Waals surface area (Å²) in [6.45, 7) is 2.21. The number of hydrogen-bond donors (Lipinski definition) is 1. The number of likely N-dealkylation sites (tertiary alicyclic amines) is 2. The number of benzene rings is 1. The summed E-state index contributed by atoms with van der Waals surface area (Å²) in [5.74, 6) is -0.183. The van der Waals surface area contributed by atoms with Crippen LogP contribution in [0.2, 0.25) is 0 Å². The second-order valence-corrected chi connectivity index (χ2v) is 7.46. The summed E-state index contributed by atoms with van der Waals surface area (Å²) < 4.78 is 0.